The van der Waals surface area contributed by atoms with Crippen LogP contribution in [0.2, 0.25) is 0 Å². The lowest BCUT2D eigenvalue weighted by Crippen LogP contribution is -2.52. The van der Waals surface area contributed by atoms with Crippen LogP contribution < -0.4 is 5.73 Å². The lowest BCUT2D eigenvalue weighted by Gasteiger charge is -2.29. The van der Waals surface area contributed by atoms with E-state index in [9.17, 15) is 4.79 Å². The van der Waals surface area contributed by atoms with Gasteiger partial charge in [-0.1, -0.05) is 57.6 Å². The lowest BCUT2D eigenvalue weighted by atomic mass is 10.1. The van der Waals surface area contributed by atoms with Gasteiger partial charge in [-0.3, -0.25) is 0 Å². The van der Waals surface area contributed by atoms with E-state index in [0.29, 0.717) is 19.5 Å². The predicted molar refractivity (Wildman–Crippen MR) is 99.6 cm³/mol. The fraction of sp³-hybridized carbons (Fsp3) is 0.684. The summed E-state index contributed by atoms with van der Waals surface area (Å²) >= 11 is 0. The summed E-state index contributed by atoms with van der Waals surface area (Å²) in [7, 11) is 0. The third-order valence-corrected chi connectivity index (χ3v) is 4.48. The molecule has 0 saturated carbocycles. The van der Waals surface area contributed by atoms with E-state index in [4.69, 9.17) is 10.8 Å². The molecule has 0 spiro atoms. The molecule has 3 N–H and O–H groups in total. The largest absolute Gasteiger partial charge is 0.477 e. The second-order valence-electron chi connectivity index (χ2n) is 6.53. The Balaban J connectivity index is 2.28. The minimum absolute atomic E-state index is 0.0120. The van der Waals surface area contributed by atoms with E-state index >= 15 is 0 Å². The summed E-state index contributed by atoms with van der Waals surface area (Å²) in [6, 6.07) is 0. The molecule has 0 saturated heterocycles. The van der Waals surface area contributed by atoms with Crippen LogP contribution in [0.1, 0.15) is 64.7 Å². The summed E-state index contributed by atoms with van der Waals surface area (Å²) < 4.78 is 0.258. The topological polar surface area (TPSA) is 75.7 Å². The number of hydrogen-bond donors (Lipinski definition) is 2. The molecule has 24 heavy (non-hydrogen) atoms. The van der Waals surface area contributed by atoms with Gasteiger partial charge in [-0.05, 0) is 12.8 Å². The van der Waals surface area contributed by atoms with Crippen LogP contribution in [0.3, 0.4) is 0 Å². The van der Waals surface area contributed by atoms with E-state index in [1.54, 1.807) is 6.20 Å². The van der Waals surface area contributed by atoms with Gasteiger partial charge in [0.05, 0.1) is 12.6 Å². The Bertz CT molecular complexity index is 458. The van der Waals surface area contributed by atoms with Crippen molar-refractivity contribution < 1.29 is 14.4 Å². The van der Waals surface area contributed by atoms with Crippen LogP contribution in [-0.4, -0.2) is 41.0 Å². The molecular weight excluding hydrogens is 302 g/mol. The average Bonchev–Trinajstić information content (AvgIpc) is 2.91. The maximum absolute atomic E-state index is 11.2. The summed E-state index contributed by atoms with van der Waals surface area (Å²) in [6.45, 7) is 3.27. The zero-order valence-corrected chi connectivity index (χ0v) is 15.1. The van der Waals surface area contributed by atoms with Crippen molar-refractivity contribution in [2.45, 2.75) is 64.7 Å². The first-order valence-electron chi connectivity index (χ1n) is 9.33. The molecule has 0 bridgehead atoms. The second-order valence-corrected chi connectivity index (χ2v) is 6.53. The number of carbonyl (C=O) groups is 1. The number of aliphatic imine (C=N–C) groups is 1. The van der Waals surface area contributed by atoms with E-state index in [-0.39, 0.29) is 11.0 Å². The smallest absolute Gasteiger partial charge is 0.360 e. The highest BCUT2D eigenvalue weighted by atomic mass is 16.4. The van der Waals surface area contributed by atoms with Gasteiger partial charge in [0, 0.05) is 6.54 Å². The van der Waals surface area contributed by atoms with Crippen LogP contribution in [0.5, 0.6) is 0 Å². The van der Waals surface area contributed by atoms with Gasteiger partial charge in [0.1, 0.15) is 12.7 Å². The Morgan fingerprint density at radius 3 is 2.58 bits per heavy atom. The molecular formula is C19H34N3O2+. The van der Waals surface area contributed by atoms with Gasteiger partial charge in [0.2, 0.25) is 5.84 Å². The lowest BCUT2D eigenvalue weighted by molar-refractivity contribution is -0.777. The van der Waals surface area contributed by atoms with Crippen LogP contribution in [0.4, 0.5) is 0 Å². The SMILES string of the molecule is CCCCCCCCC/C=C/CC1=NC=C[N+]1(CCN)CC(=O)O. The number of carboxylic acid groups (broad SMARTS) is 1. The van der Waals surface area contributed by atoms with Gasteiger partial charge < -0.3 is 10.8 Å². The fourth-order valence-electron chi connectivity index (χ4n) is 3.11. The Kier molecular flexibility index (Phi) is 10.3. The Hall–Kier alpha value is -1.46. The highest BCUT2D eigenvalue weighted by molar-refractivity contribution is 5.82. The zero-order valence-electron chi connectivity index (χ0n) is 15.1. The summed E-state index contributed by atoms with van der Waals surface area (Å²) in [5, 5.41) is 9.17. The molecule has 0 aromatic carbocycles. The normalized spacial score (nSPS) is 20.0. The summed E-state index contributed by atoms with van der Waals surface area (Å²) in [5.74, 6) is 0.0495. The molecule has 1 unspecified atom stereocenters. The van der Waals surface area contributed by atoms with Gasteiger partial charge in [0.15, 0.2) is 6.54 Å². The standard InChI is InChI=1S/C19H33N3O2/c1-2-3-4-5-6-7-8-9-10-11-12-18-21-14-16-22(18,15-13-20)17-19(23)24/h10-11,14,16H,2-9,12-13,15,17,20H2,1H3/p+1/b11-10+. The fourth-order valence-corrected chi connectivity index (χ4v) is 3.11. The quantitative estimate of drug-likeness (QED) is 0.288. The number of allylic oxidation sites excluding steroid dienone is 1. The second kappa shape index (κ2) is 12.0. The van der Waals surface area contributed by atoms with E-state index in [1.807, 2.05) is 6.20 Å². The molecule has 0 amide bonds. The Morgan fingerprint density at radius 2 is 1.92 bits per heavy atom. The van der Waals surface area contributed by atoms with Crippen LogP contribution in [0.15, 0.2) is 29.5 Å². The molecule has 0 aromatic rings. The minimum atomic E-state index is -0.824. The summed E-state index contributed by atoms with van der Waals surface area (Å²) in [4.78, 5) is 15.5. The van der Waals surface area contributed by atoms with Crippen LogP contribution in [0, 0.1) is 0 Å². The van der Waals surface area contributed by atoms with Crippen molar-refractivity contribution in [3.05, 3.63) is 24.6 Å². The molecule has 5 heteroatoms. The number of amidine groups is 1. The van der Waals surface area contributed by atoms with Crippen molar-refractivity contribution in [1.29, 1.82) is 0 Å². The minimum Gasteiger partial charge on any atom is -0.477 e. The van der Waals surface area contributed by atoms with Gasteiger partial charge in [0.25, 0.3) is 0 Å². The molecule has 1 aliphatic heterocycles. The van der Waals surface area contributed by atoms with Crippen molar-refractivity contribution in [3.63, 3.8) is 0 Å². The summed E-state index contributed by atoms with van der Waals surface area (Å²) in [6.07, 6.45) is 18.9. The van der Waals surface area contributed by atoms with Crippen molar-refractivity contribution in [3.8, 4) is 0 Å². The molecule has 1 rings (SSSR count). The van der Waals surface area contributed by atoms with Crippen LogP contribution in [0.25, 0.3) is 0 Å². The zero-order chi connectivity index (χ0) is 17.7. The van der Waals surface area contributed by atoms with Crippen molar-refractivity contribution >= 4 is 11.8 Å². The van der Waals surface area contributed by atoms with Crippen molar-refractivity contribution in [1.82, 2.24) is 0 Å². The first kappa shape index (κ1) is 20.6. The van der Waals surface area contributed by atoms with E-state index < -0.39 is 5.97 Å². The molecule has 1 atom stereocenters. The molecule has 1 aliphatic rings. The number of quaternary nitrogens is 1. The van der Waals surface area contributed by atoms with Crippen LogP contribution >= 0.6 is 0 Å². The molecule has 1 heterocycles. The molecule has 5 nitrogen and oxygen atoms in total. The number of nitrogens with two attached hydrogens (primary N) is 1. The molecule has 136 valence electrons. The highest BCUT2D eigenvalue weighted by Gasteiger charge is 2.36. The average molecular weight is 337 g/mol. The predicted octanol–water partition coefficient (Wildman–Crippen LogP) is 3.82. The van der Waals surface area contributed by atoms with Crippen LogP contribution in [-0.2, 0) is 4.79 Å². The maximum Gasteiger partial charge on any atom is 0.360 e. The first-order valence-corrected chi connectivity index (χ1v) is 9.33. The third kappa shape index (κ3) is 7.41. The molecule has 0 aromatic heterocycles. The van der Waals surface area contributed by atoms with E-state index in [2.05, 4.69) is 24.1 Å². The number of carboxylic acids is 1. The third-order valence-electron chi connectivity index (χ3n) is 4.48. The van der Waals surface area contributed by atoms with Crippen molar-refractivity contribution in [2.24, 2.45) is 10.7 Å². The first-order chi connectivity index (χ1) is 11.6. The maximum atomic E-state index is 11.2. The number of rotatable bonds is 14. The van der Waals surface area contributed by atoms with Crippen molar-refractivity contribution in [2.75, 3.05) is 19.6 Å². The number of aliphatic carboxylic acids is 1. The highest BCUT2D eigenvalue weighted by Crippen LogP contribution is 2.19. The summed E-state index contributed by atoms with van der Waals surface area (Å²) in [5.41, 5.74) is 5.67. The number of nitrogens with zero attached hydrogens (tertiary/aromatic N) is 2. The van der Waals surface area contributed by atoms with E-state index in [0.717, 1.165) is 12.3 Å². The Labute approximate surface area is 146 Å². The Morgan fingerprint density at radius 1 is 1.21 bits per heavy atom. The van der Waals surface area contributed by atoms with E-state index in [1.165, 1.54) is 44.9 Å². The number of hydrogen-bond acceptors (Lipinski definition) is 3. The van der Waals surface area contributed by atoms with Gasteiger partial charge in [-0.15, -0.1) is 0 Å². The van der Waals surface area contributed by atoms with Gasteiger partial charge >= 0.3 is 5.97 Å². The monoisotopic (exact) mass is 336 g/mol. The van der Waals surface area contributed by atoms with Gasteiger partial charge in [-0.25, -0.2) is 14.3 Å². The molecule has 0 fully saturated rings. The van der Waals surface area contributed by atoms with Gasteiger partial charge in [-0.2, -0.15) is 0 Å². The number of unbranched alkanes of at least 4 members (excludes halogenated alkanes) is 7. The molecule has 0 aliphatic carbocycles. The molecule has 0 radical (unpaired) electrons.